The molecule has 3 nitrogen and oxygen atoms in total. The van der Waals surface area contributed by atoms with Crippen molar-refractivity contribution in [3.63, 3.8) is 0 Å². The van der Waals surface area contributed by atoms with E-state index in [9.17, 15) is 4.79 Å². The molecule has 0 saturated heterocycles. The number of benzene rings is 1. The van der Waals surface area contributed by atoms with Gasteiger partial charge >= 0.3 is 6.09 Å². The lowest BCUT2D eigenvalue weighted by atomic mass is 10.2. The number of carbonyl (C=O) groups excluding carboxylic acids is 1. The van der Waals surface area contributed by atoms with Crippen LogP contribution in [0.25, 0.3) is 10.1 Å². The molecule has 0 spiro atoms. The number of hydrogen-bond acceptors (Lipinski definition) is 3. The van der Waals surface area contributed by atoms with Crippen molar-refractivity contribution >= 4 is 27.5 Å². The Hall–Kier alpha value is -1.99. The Morgan fingerprint density at radius 2 is 2.14 bits per heavy atom. The Morgan fingerprint density at radius 3 is 2.90 bits per heavy atom. The molecule has 0 unspecified atom stereocenters. The van der Waals surface area contributed by atoms with E-state index in [0.717, 1.165) is 5.56 Å². The van der Waals surface area contributed by atoms with Crippen molar-refractivity contribution in [3.8, 4) is 11.8 Å². The molecule has 1 N–H and O–H groups in total. The fourth-order valence-electron chi connectivity index (χ4n) is 1.79. The van der Waals surface area contributed by atoms with Gasteiger partial charge in [-0.2, -0.15) is 0 Å². The number of hydrogen-bond donors (Lipinski definition) is 1. The molecule has 0 atom stereocenters. The van der Waals surface area contributed by atoms with Crippen LogP contribution >= 0.6 is 11.3 Å². The van der Waals surface area contributed by atoms with Gasteiger partial charge in [-0.3, -0.25) is 0 Å². The van der Waals surface area contributed by atoms with Crippen LogP contribution in [-0.4, -0.2) is 18.2 Å². The van der Waals surface area contributed by atoms with E-state index in [4.69, 9.17) is 4.74 Å². The summed E-state index contributed by atoms with van der Waals surface area (Å²) in [5, 5.41) is 5.99. The first-order chi connectivity index (χ1) is 9.96. The largest absolute Gasteiger partial charge is 0.444 e. The Kier molecular flexibility index (Phi) is 4.87. The smallest absolute Gasteiger partial charge is 0.407 e. The molecule has 1 aromatic carbocycles. The van der Waals surface area contributed by atoms with Gasteiger partial charge < -0.3 is 10.1 Å². The van der Waals surface area contributed by atoms with Crippen molar-refractivity contribution in [2.45, 2.75) is 32.8 Å². The molecule has 0 aliphatic heterocycles. The van der Waals surface area contributed by atoms with E-state index in [1.807, 2.05) is 32.9 Å². The summed E-state index contributed by atoms with van der Waals surface area (Å²) in [6, 6.07) is 8.21. The minimum atomic E-state index is -0.468. The van der Waals surface area contributed by atoms with Crippen molar-refractivity contribution in [1.82, 2.24) is 5.32 Å². The molecule has 110 valence electrons. The minimum Gasteiger partial charge on any atom is -0.444 e. The first kappa shape index (κ1) is 15.4. The Balaban J connectivity index is 1.85. The molecule has 0 bridgehead atoms. The average molecular weight is 301 g/mol. The van der Waals surface area contributed by atoms with Gasteiger partial charge in [0.15, 0.2) is 0 Å². The number of rotatable bonds is 2. The maximum absolute atomic E-state index is 11.5. The zero-order valence-electron chi connectivity index (χ0n) is 12.5. The second kappa shape index (κ2) is 6.64. The number of fused-ring (bicyclic) bond motifs is 1. The summed E-state index contributed by atoms with van der Waals surface area (Å²) in [7, 11) is 0. The minimum absolute atomic E-state index is 0.398. The molecule has 0 fully saturated rings. The monoisotopic (exact) mass is 301 g/mol. The molecule has 1 aromatic heterocycles. The normalized spacial score (nSPS) is 10.8. The quantitative estimate of drug-likeness (QED) is 0.668. The highest BCUT2D eigenvalue weighted by molar-refractivity contribution is 7.17. The third-order valence-electron chi connectivity index (χ3n) is 2.62. The maximum Gasteiger partial charge on any atom is 0.407 e. The maximum atomic E-state index is 11.5. The number of thiophene rings is 1. The molecule has 1 heterocycles. The molecule has 4 heteroatoms. The van der Waals surface area contributed by atoms with Crippen LogP contribution in [0, 0.1) is 11.8 Å². The molecule has 21 heavy (non-hydrogen) atoms. The van der Waals surface area contributed by atoms with Gasteiger partial charge in [0, 0.05) is 23.2 Å². The Labute approximate surface area is 129 Å². The molecule has 0 aliphatic rings. The van der Waals surface area contributed by atoms with Gasteiger partial charge in [-0.05, 0) is 43.7 Å². The number of nitrogens with one attached hydrogen (secondary N) is 1. The molecule has 2 rings (SSSR count). The van der Waals surface area contributed by atoms with Crippen LogP contribution < -0.4 is 5.32 Å². The number of ether oxygens (including phenoxy) is 1. The molecular formula is C17H19NO2S. The van der Waals surface area contributed by atoms with Gasteiger partial charge in [0.05, 0.1) is 0 Å². The summed E-state index contributed by atoms with van der Waals surface area (Å²) in [6.07, 6.45) is 0.200. The van der Waals surface area contributed by atoms with E-state index in [1.165, 1.54) is 10.1 Å². The van der Waals surface area contributed by atoms with E-state index in [1.54, 1.807) is 11.3 Å². The highest BCUT2D eigenvalue weighted by Gasteiger charge is 2.15. The Bertz CT molecular complexity index is 686. The summed E-state index contributed by atoms with van der Waals surface area (Å²) >= 11 is 1.70. The van der Waals surface area contributed by atoms with Crippen LogP contribution in [0.1, 0.15) is 32.8 Å². The predicted molar refractivity (Wildman–Crippen MR) is 87.6 cm³/mol. The fourth-order valence-corrected chi connectivity index (χ4v) is 2.66. The third-order valence-corrected chi connectivity index (χ3v) is 3.58. The van der Waals surface area contributed by atoms with Gasteiger partial charge in [0.1, 0.15) is 5.60 Å². The summed E-state index contributed by atoms with van der Waals surface area (Å²) in [6.45, 7) is 6.01. The van der Waals surface area contributed by atoms with Crippen LogP contribution in [0.2, 0.25) is 0 Å². The van der Waals surface area contributed by atoms with Crippen molar-refractivity contribution in [1.29, 1.82) is 0 Å². The number of alkyl carbamates (subject to hydrolysis) is 1. The third kappa shape index (κ3) is 4.80. The lowest BCUT2D eigenvalue weighted by molar-refractivity contribution is 0.0529. The standard InChI is InChI=1S/C17H19NO2S/c1-17(2,3)20-16(19)18-11-5-4-7-13-8-6-9-14-10-12-21-15(13)14/h6,8-10,12H,5,11H2,1-3H3,(H,18,19). The SMILES string of the molecule is CC(C)(C)OC(=O)NCCC#Cc1cccc2ccsc12. The van der Waals surface area contributed by atoms with Crippen molar-refractivity contribution in [3.05, 3.63) is 35.2 Å². The molecular weight excluding hydrogens is 282 g/mol. The van der Waals surface area contributed by atoms with Crippen LogP contribution in [0.4, 0.5) is 4.79 Å². The van der Waals surface area contributed by atoms with Gasteiger partial charge in [-0.25, -0.2) is 4.79 Å². The molecule has 1 amide bonds. The van der Waals surface area contributed by atoms with Crippen LogP contribution in [0.15, 0.2) is 29.6 Å². The van der Waals surface area contributed by atoms with Crippen LogP contribution in [-0.2, 0) is 4.74 Å². The van der Waals surface area contributed by atoms with Gasteiger partial charge in [-0.15, -0.1) is 11.3 Å². The zero-order valence-corrected chi connectivity index (χ0v) is 13.3. The second-order valence-corrected chi connectivity index (χ2v) is 6.54. The van der Waals surface area contributed by atoms with Gasteiger partial charge in [0.25, 0.3) is 0 Å². The first-order valence-corrected chi connectivity index (χ1v) is 7.75. The average Bonchev–Trinajstić information content (AvgIpc) is 2.85. The lowest BCUT2D eigenvalue weighted by Crippen LogP contribution is -2.32. The van der Waals surface area contributed by atoms with E-state index in [-0.39, 0.29) is 0 Å². The van der Waals surface area contributed by atoms with E-state index in [0.29, 0.717) is 13.0 Å². The Morgan fingerprint density at radius 1 is 1.33 bits per heavy atom. The summed E-state index contributed by atoms with van der Waals surface area (Å²) < 4.78 is 6.37. The van der Waals surface area contributed by atoms with Gasteiger partial charge in [-0.1, -0.05) is 24.0 Å². The second-order valence-electron chi connectivity index (χ2n) is 5.62. The first-order valence-electron chi connectivity index (χ1n) is 6.88. The molecule has 0 saturated carbocycles. The molecule has 2 aromatic rings. The summed E-state index contributed by atoms with van der Waals surface area (Å²) in [4.78, 5) is 11.5. The lowest BCUT2D eigenvalue weighted by Gasteiger charge is -2.19. The van der Waals surface area contributed by atoms with Crippen LogP contribution in [0.3, 0.4) is 0 Å². The van der Waals surface area contributed by atoms with E-state index in [2.05, 4.69) is 34.7 Å². The van der Waals surface area contributed by atoms with Gasteiger partial charge in [0.2, 0.25) is 0 Å². The van der Waals surface area contributed by atoms with E-state index < -0.39 is 11.7 Å². The predicted octanol–water partition coefficient (Wildman–Crippen LogP) is 4.17. The van der Waals surface area contributed by atoms with E-state index >= 15 is 0 Å². The van der Waals surface area contributed by atoms with Crippen molar-refractivity contribution in [2.75, 3.05) is 6.54 Å². The summed E-state index contributed by atoms with van der Waals surface area (Å²) in [5.74, 6) is 6.25. The number of amides is 1. The van der Waals surface area contributed by atoms with Crippen LogP contribution in [0.5, 0.6) is 0 Å². The summed E-state index contributed by atoms with van der Waals surface area (Å²) in [5.41, 5.74) is 0.574. The highest BCUT2D eigenvalue weighted by Crippen LogP contribution is 2.23. The van der Waals surface area contributed by atoms with Crippen molar-refractivity contribution < 1.29 is 9.53 Å². The molecule has 0 radical (unpaired) electrons. The van der Waals surface area contributed by atoms with Crippen molar-refractivity contribution in [2.24, 2.45) is 0 Å². The zero-order chi connectivity index (χ0) is 15.3. The fraction of sp³-hybridized carbons (Fsp3) is 0.353. The molecule has 0 aliphatic carbocycles. The number of carbonyl (C=O) groups is 1. The topological polar surface area (TPSA) is 38.3 Å². The highest BCUT2D eigenvalue weighted by atomic mass is 32.1.